The third-order valence-corrected chi connectivity index (χ3v) is 3.22. The molecule has 0 aliphatic rings. The van der Waals surface area contributed by atoms with Crippen LogP contribution in [0.1, 0.15) is 28.9 Å². The minimum Gasteiger partial charge on any atom is -0.452 e. The molecule has 7 heteroatoms. The van der Waals surface area contributed by atoms with Crippen molar-refractivity contribution >= 4 is 11.9 Å². The van der Waals surface area contributed by atoms with Crippen LogP contribution in [0.4, 0.5) is 13.2 Å². The Hall–Kier alpha value is -2.83. The third kappa shape index (κ3) is 4.58. The van der Waals surface area contributed by atoms with E-state index in [0.717, 1.165) is 18.2 Å². The Kier molecular flexibility index (Phi) is 5.57. The molecule has 0 spiro atoms. The smallest absolute Gasteiger partial charge is 0.338 e. The van der Waals surface area contributed by atoms with E-state index in [1.807, 2.05) is 0 Å². The van der Waals surface area contributed by atoms with E-state index in [1.165, 1.54) is 25.1 Å². The zero-order chi connectivity index (χ0) is 17.7. The molecule has 0 aliphatic carbocycles. The van der Waals surface area contributed by atoms with Gasteiger partial charge in [0.1, 0.15) is 17.5 Å². The molecule has 0 radical (unpaired) electrons. The van der Waals surface area contributed by atoms with Crippen molar-refractivity contribution in [2.45, 2.75) is 13.0 Å². The zero-order valence-corrected chi connectivity index (χ0v) is 12.7. The summed E-state index contributed by atoms with van der Waals surface area (Å²) < 4.78 is 44.0. The topological polar surface area (TPSA) is 55.4 Å². The summed E-state index contributed by atoms with van der Waals surface area (Å²) in [4.78, 5) is 23.4. The Morgan fingerprint density at radius 2 is 1.67 bits per heavy atom. The number of esters is 1. The summed E-state index contributed by atoms with van der Waals surface area (Å²) in [6, 6.07) is 6.93. The highest BCUT2D eigenvalue weighted by Crippen LogP contribution is 2.17. The Morgan fingerprint density at radius 3 is 2.29 bits per heavy atom. The van der Waals surface area contributed by atoms with Gasteiger partial charge in [-0.3, -0.25) is 4.79 Å². The number of benzene rings is 2. The second kappa shape index (κ2) is 7.63. The SMILES string of the molecule is C[C@H](NC(=O)COC(=O)c1ccc(F)cc1)c1ccc(F)cc1F. The number of carbonyl (C=O) groups excluding carboxylic acids is 2. The van der Waals surface area contributed by atoms with Crippen molar-refractivity contribution in [1.29, 1.82) is 0 Å². The maximum atomic E-state index is 13.6. The molecule has 126 valence electrons. The Balaban J connectivity index is 1.88. The van der Waals surface area contributed by atoms with Gasteiger partial charge in [0.2, 0.25) is 0 Å². The Labute approximate surface area is 136 Å². The Bertz CT molecular complexity index is 747. The molecule has 0 saturated heterocycles. The first-order chi connectivity index (χ1) is 11.4. The van der Waals surface area contributed by atoms with Crippen molar-refractivity contribution in [3.05, 3.63) is 71.0 Å². The summed E-state index contributed by atoms with van der Waals surface area (Å²) >= 11 is 0. The molecule has 1 N–H and O–H groups in total. The van der Waals surface area contributed by atoms with Crippen LogP contribution in [0.25, 0.3) is 0 Å². The molecule has 4 nitrogen and oxygen atoms in total. The number of hydrogen-bond acceptors (Lipinski definition) is 3. The van der Waals surface area contributed by atoms with Gasteiger partial charge >= 0.3 is 5.97 Å². The lowest BCUT2D eigenvalue weighted by Crippen LogP contribution is -2.31. The fourth-order valence-corrected chi connectivity index (χ4v) is 2.01. The molecule has 0 heterocycles. The largest absolute Gasteiger partial charge is 0.452 e. The van der Waals surface area contributed by atoms with Gasteiger partial charge in [0.15, 0.2) is 6.61 Å². The highest BCUT2D eigenvalue weighted by molar-refractivity contribution is 5.91. The fraction of sp³-hybridized carbons (Fsp3) is 0.176. The molecule has 2 aromatic carbocycles. The van der Waals surface area contributed by atoms with Gasteiger partial charge in [-0.25, -0.2) is 18.0 Å². The summed E-state index contributed by atoms with van der Waals surface area (Å²) in [5, 5.41) is 2.43. The number of hydrogen-bond donors (Lipinski definition) is 1. The summed E-state index contributed by atoms with van der Waals surface area (Å²) in [5.41, 5.74) is 0.205. The maximum absolute atomic E-state index is 13.6. The van der Waals surface area contributed by atoms with Crippen molar-refractivity contribution in [1.82, 2.24) is 5.32 Å². The summed E-state index contributed by atoms with van der Waals surface area (Å²) in [6.45, 7) is 0.930. The van der Waals surface area contributed by atoms with E-state index in [-0.39, 0.29) is 11.1 Å². The van der Waals surface area contributed by atoms with Crippen LogP contribution in [0.15, 0.2) is 42.5 Å². The average Bonchev–Trinajstić information content (AvgIpc) is 2.53. The number of carbonyl (C=O) groups is 2. The van der Waals surface area contributed by atoms with E-state index >= 15 is 0 Å². The standard InChI is InChI=1S/C17H14F3NO3/c1-10(14-7-6-13(19)8-15(14)20)21-16(22)9-24-17(23)11-2-4-12(18)5-3-11/h2-8,10H,9H2,1H3,(H,21,22)/t10-/m0/s1. The number of halogens is 3. The van der Waals surface area contributed by atoms with Gasteiger partial charge < -0.3 is 10.1 Å². The maximum Gasteiger partial charge on any atom is 0.338 e. The molecule has 1 amide bonds. The number of rotatable bonds is 5. The van der Waals surface area contributed by atoms with Crippen molar-refractivity contribution in [2.75, 3.05) is 6.61 Å². The van der Waals surface area contributed by atoms with Gasteiger partial charge in [-0.2, -0.15) is 0 Å². The lowest BCUT2D eigenvalue weighted by Gasteiger charge is -2.15. The monoisotopic (exact) mass is 337 g/mol. The highest BCUT2D eigenvalue weighted by atomic mass is 19.1. The van der Waals surface area contributed by atoms with Crippen LogP contribution < -0.4 is 5.32 Å². The van der Waals surface area contributed by atoms with Gasteiger partial charge in [-0.1, -0.05) is 6.07 Å². The summed E-state index contributed by atoms with van der Waals surface area (Å²) in [6.07, 6.45) is 0. The lowest BCUT2D eigenvalue weighted by molar-refractivity contribution is -0.124. The molecule has 0 aromatic heterocycles. The quantitative estimate of drug-likeness (QED) is 0.853. The molecule has 0 saturated carbocycles. The van der Waals surface area contributed by atoms with Crippen LogP contribution in [-0.4, -0.2) is 18.5 Å². The molecular weight excluding hydrogens is 323 g/mol. The van der Waals surface area contributed by atoms with Crippen LogP contribution in [0.3, 0.4) is 0 Å². The van der Waals surface area contributed by atoms with Gasteiger partial charge in [0, 0.05) is 11.6 Å². The van der Waals surface area contributed by atoms with Gasteiger partial charge in [-0.15, -0.1) is 0 Å². The van der Waals surface area contributed by atoms with Crippen molar-refractivity contribution < 1.29 is 27.5 Å². The van der Waals surface area contributed by atoms with Crippen LogP contribution in [0.2, 0.25) is 0 Å². The molecule has 2 rings (SSSR count). The summed E-state index contributed by atoms with van der Waals surface area (Å²) in [7, 11) is 0. The van der Waals surface area contributed by atoms with Crippen molar-refractivity contribution in [2.24, 2.45) is 0 Å². The van der Waals surface area contributed by atoms with Crippen LogP contribution in [0, 0.1) is 17.5 Å². The van der Waals surface area contributed by atoms with Crippen LogP contribution in [-0.2, 0) is 9.53 Å². The highest BCUT2D eigenvalue weighted by Gasteiger charge is 2.16. The minimum absolute atomic E-state index is 0.0989. The molecule has 1 atom stereocenters. The number of amides is 1. The summed E-state index contributed by atoms with van der Waals surface area (Å²) in [5.74, 6) is -3.44. The Morgan fingerprint density at radius 1 is 1.04 bits per heavy atom. The van der Waals surface area contributed by atoms with E-state index in [0.29, 0.717) is 6.07 Å². The minimum atomic E-state index is -0.786. The zero-order valence-electron chi connectivity index (χ0n) is 12.7. The lowest BCUT2D eigenvalue weighted by atomic mass is 10.1. The molecule has 0 bridgehead atoms. The van der Waals surface area contributed by atoms with E-state index in [2.05, 4.69) is 5.32 Å². The second-order valence-electron chi connectivity index (χ2n) is 5.04. The number of nitrogens with one attached hydrogen (secondary N) is 1. The molecular formula is C17H14F3NO3. The van der Waals surface area contributed by atoms with Gasteiger partial charge in [0.25, 0.3) is 5.91 Å². The van der Waals surface area contributed by atoms with Crippen LogP contribution in [0.5, 0.6) is 0 Å². The first kappa shape index (κ1) is 17.5. The number of ether oxygens (including phenoxy) is 1. The normalized spacial score (nSPS) is 11.7. The van der Waals surface area contributed by atoms with E-state index < -0.39 is 42.0 Å². The van der Waals surface area contributed by atoms with Gasteiger partial charge in [-0.05, 0) is 37.3 Å². The average molecular weight is 337 g/mol. The van der Waals surface area contributed by atoms with Crippen molar-refractivity contribution in [3.8, 4) is 0 Å². The first-order valence-electron chi connectivity index (χ1n) is 7.04. The predicted octanol–water partition coefficient (Wildman–Crippen LogP) is 3.14. The third-order valence-electron chi connectivity index (χ3n) is 3.22. The predicted molar refractivity (Wildman–Crippen MR) is 79.6 cm³/mol. The van der Waals surface area contributed by atoms with Crippen molar-refractivity contribution in [3.63, 3.8) is 0 Å². The second-order valence-corrected chi connectivity index (χ2v) is 5.04. The molecule has 0 fully saturated rings. The first-order valence-corrected chi connectivity index (χ1v) is 7.04. The molecule has 24 heavy (non-hydrogen) atoms. The molecule has 0 unspecified atom stereocenters. The van der Waals surface area contributed by atoms with E-state index in [9.17, 15) is 22.8 Å². The van der Waals surface area contributed by atoms with E-state index in [4.69, 9.17) is 4.74 Å². The molecule has 0 aliphatic heterocycles. The molecule has 2 aromatic rings. The van der Waals surface area contributed by atoms with Gasteiger partial charge in [0.05, 0.1) is 11.6 Å². The van der Waals surface area contributed by atoms with Crippen LogP contribution >= 0.6 is 0 Å². The van der Waals surface area contributed by atoms with E-state index in [1.54, 1.807) is 0 Å². The fourth-order valence-electron chi connectivity index (χ4n) is 2.01.